The van der Waals surface area contributed by atoms with E-state index in [1.54, 1.807) is 0 Å². The molecular formula is C16H11F4N3. The minimum Gasteiger partial charge on any atom is -0.369 e. The summed E-state index contributed by atoms with van der Waals surface area (Å²) < 4.78 is 52.5. The van der Waals surface area contributed by atoms with Gasteiger partial charge in [-0.15, -0.1) is 0 Å². The summed E-state index contributed by atoms with van der Waals surface area (Å²) in [6.07, 6.45) is 1.58. The second kappa shape index (κ2) is 6.20. The molecule has 3 nitrogen and oxygen atoms in total. The van der Waals surface area contributed by atoms with Gasteiger partial charge in [-0.2, -0.15) is 0 Å². The first-order valence-corrected chi connectivity index (χ1v) is 6.82. The highest BCUT2D eigenvalue weighted by Crippen LogP contribution is 2.20. The molecule has 23 heavy (non-hydrogen) atoms. The maximum Gasteiger partial charge on any atom is 0.194 e. The van der Waals surface area contributed by atoms with Crippen LogP contribution in [0.15, 0.2) is 36.7 Å². The van der Waals surface area contributed by atoms with Gasteiger partial charge in [0.15, 0.2) is 17.5 Å². The molecule has 0 aliphatic rings. The lowest BCUT2D eigenvalue weighted by Gasteiger charge is -2.09. The molecule has 1 N–H and O–H groups in total. The minimum absolute atomic E-state index is 0.245. The second-order valence-electron chi connectivity index (χ2n) is 4.93. The molecule has 0 spiro atoms. The Labute approximate surface area is 129 Å². The van der Waals surface area contributed by atoms with E-state index in [9.17, 15) is 17.6 Å². The van der Waals surface area contributed by atoms with Crippen LogP contribution in [0.2, 0.25) is 0 Å². The Morgan fingerprint density at radius 1 is 0.913 bits per heavy atom. The number of nitrogens with zero attached hydrogens (tertiary/aromatic N) is 2. The van der Waals surface area contributed by atoms with Crippen molar-refractivity contribution in [2.75, 3.05) is 11.9 Å². The molecule has 0 aliphatic heterocycles. The van der Waals surface area contributed by atoms with Gasteiger partial charge in [0.25, 0.3) is 0 Å². The van der Waals surface area contributed by atoms with E-state index in [1.807, 2.05) is 0 Å². The highest BCUT2D eigenvalue weighted by atomic mass is 19.2. The van der Waals surface area contributed by atoms with Crippen LogP contribution in [-0.4, -0.2) is 16.5 Å². The fraction of sp³-hybridized carbons (Fsp3) is 0.125. The van der Waals surface area contributed by atoms with Crippen LogP contribution in [0.1, 0.15) is 5.56 Å². The van der Waals surface area contributed by atoms with Gasteiger partial charge in [0.05, 0.1) is 5.52 Å². The molecule has 1 heterocycles. The number of fused-ring (bicyclic) bond motifs is 1. The number of anilines is 1. The van der Waals surface area contributed by atoms with Crippen molar-refractivity contribution in [3.8, 4) is 0 Å². The van der Waals surface area contributed by atoms with Crippen LogP contribution in [0.3, 0.4) is 0 Å². The third-order valence-corrected chi connectivity index (χ3v) is 3.35. The Kier molecular flexibility index (Phi) is 4.10. The lowest BCUT2D eigenvalue weighted by atomic mass is 10.1. The Bertz CT molecular complexity index is 844. The quantitative estimate of drug-likeness (QED) is 0.586. The van der Waals surface area contributed by atoms with Crippen LogP contribution in [0.25, 0.3) is 10.9 Å². The molecule has 7 heteroatoms. The minimum atomic E-state index is -1.49. The molecule has 1 aromatic heterocycles. The van der Waals surface area contributed by atoms with E-state index < -0.39 is 23.3 Å². The van der Waals surface area contributed by atoms with Crippen molar-refractivity contribution in [3.05, 3.63) is 65.5 Å². The number of hydrogen-bond acceptors (Lipinski definition) is 3. The second-order valence-corrected chi connectivity index (χ2v) is 4.93. The van der Waals surface area contributed by atoms with Crippen LogP contribution in [0.5, 0.6) is 0 Å². The Hall–Kier alpha value is -2.70. The molecule has 3 rings (SSSR count). The molecule has 2 aromatic carbocycles. The predicted octanol–water partition coefficient (Wildman–Crippen LogP) is 3.84. The largest absolute Gasteiger partial charge is 0.369 e. The standard InChI is InChI=1S/C16H11F4N3/c17-10-1-2-14-11(7-10)16(23-8-22-14)21-4-3-9-5-12(18)15(20)13(19)6-9/h1-2,5-8H,3-4H2,(H,21,22,23). The van der Waals surface area contributed by atoms with Crippen LogP contribution in [0.4, 0.5) is 23.4 Å². The van der Waals surface area contributed by atoms with Gasteiger partial charge in [-0.3, -0.25) is 0 Å². The fourth-order valence-corrected chi connectivity index (χ4v) is 2.25. The Morgan fingerprint density at radius 2 is 1.65 bits per heavy atom. The van der Waals surface area contributed by atoms with E-state index in [2.05, 4.69) is 15.3 Å². The maximum atomic E-state index is 13.3. The van der Waals surface area contributed by atoms with Crippen molar-refractivity contribution >= 4 is 16.7 Å². The molecule has 0 unspecified atom stereocenters. The normalized spacial score (nSPS) is 11.0. The van der Waals surface area contributed by atoms with Crippen molar-refractivity contribution in [2.45, 2.75) is 6.42 Å². The first kappa shape index (κ1) is 15.2. The van der Waals surface area contributed by atoms with Crippen molar-refractivity contribution < 1.29 is 17.6 Å². The molecule has 0 bridgehead atoms. The summed E-state index contributed by atoms with van der Waals surface area (Å²) in [7, 11) is 0. The lowest BCUT2D eigenvalue weighted by molar-refractivity contribution is 0.445. The predicted molar refractivity (Wildman–Crippen MR) is 78.0 cm³/mol. The van der Waals surface area contributed by atoms with Gasteiger partial charge >= 0.3 is 0 Å². The number of nitrogens with one attached hydrogen (secondary N) is 1. The summed E-state index contributed by atoms with van der Waals surface area (Å²) in [5.74, 6) is -3.95. The van der Waals surface area contributed by atoms with E-state index in [4.69, 9.17) is 0 Å². The molecule has 3 aromatic rings. The van der Waals surface area contributed by atoms with Crippen molar-refractivity contribution in [2.24, 2.45) is 0 Å². The summed E-state index contributed by atoms with van der Waals surface area (Å²) in [6.45, 7) is 0.285. The van der Waals surface area contributed by atoms with E-state index >= 15 is 0 Å². The maximum absolute atomic E-state index is 13.3. The van der Waals surface area contributed by atoms with Crippen molar-refractivity contribution in [3.63, 3.8) is 0 Å². The van der Waals surface area contributed by atoms with Gasteiger partial charge in [-0.05, 0) is 42.3 Å². The molecule has 0 amide bonds. The monoisotopic (exact) mass is 321 g/mol. The highest BCUT2D eigenvalue weighted by molar-refractivity contribution is 5.88. The number of halogens is 4. The number of rotatable bonds is 4. The average Bonchev–Trinajstić information content (AvgIpc) is 2.53. The number of hydrogen-bond donors (Lipinski definition) is 1. The van der Waals surface area contributed by atoms with Crippen LogP contribution in [0, 0.1) is 23.3 Å². The smallest absolute Gasteiger partial charge is 0.194 e. The van der Waals surface area contributed by atoms with Crippen LogP contribution in [-0.2, 0) is 6.42 Å². The third-order valence-electron chi connectivity index (χ3n) is 3.35. The molecular weight excluding hydrogens is 310 g/mol. The van der Waals surface area contributed by atoms with Gasteiger partial charge in [-0.1, -0.05) is 0 Å². The fourth-order valence-electron chi connectivity index (χ4n) is 2.25. The zero-order valence-electron chi connectivity index (χ0n) is 11.8. The van der Waals surface area contributed by atoms with Gasteiger partial charge < -0.3 is 5.32 Å². The molecule has 0 aliphatic carbocycles. The molecule has 0 radical (unpaired) electrons. The zero-order valence-corrected chi connectivity index (χ0v) is 11.8. The highest BCUT2D eigenvalue weighted by Gasteiger charge is 2.10. The van der Waals surface area contributed by atoms with Gasteiger partial charge in [0, 0.05) is 11.9 Å². The number of aromatic nitrogens is 2. The van der Waals surface area contributed by atoms with Crippen molar-refractivity contribution in [1.29, 1.82) is 0 Å². The van der Waals surface area contributed by atoms with Crippen LogP contribution >= 0.6 is 0 Å². The van der Waals surface area contributed by atoms with E-state index in [0.717, 1.165) is 12.1 Å². The summed E-state index contributed by atoms with van der Waals surface area (Å²) in [4.78, 5) is 8.05. The molecule has 0 fully saturated rings. The zero-order chi connectivity index (χ0) is 16.4. The van der Waals surface area contributed by atoms with E-state index in [-0.39, 0.29) is 13.0 Å². The Morgan fingerprint density at radius 3 is 2.39 bits per heavy atom. The van der Waals surface area contributed by atoms with E-state index in [1.165, 1.54) is 24.5 Å². The van der Waals surface area contributed by atoms with Gasteiger partial charge in [0.2, 0.25) is 0 Å². The van der Waals surface area contributed by atoms with Gasteiger partial charge in [0.1, 0.15) is 18.0 Å². The topological polar surface area (TPSA) is 37.8 Å². The lowest BCUT2D eigenvalue weighted by Crippen LogP contribution is -2.08. The van der Waals surface area contributed by atoms with Crippen LogP contribution < -0.4 is 5.32 Å². The SMILES string of the molecule is Fc1ccc2ncnc(NCCc3cc(F)c(F)c(F)c3)c2c1. The number of benzene rings is 2. The molecule has 0 saturated carbocycles. The van der Waals surface area contributed by atoms with Crippen molar-refractivity contribution in [1.82, 2.24) is 9.97 Å². The summed E-state index contributed by atoms with van der Waals surface area (Å²) in [6, 6.07) is 6.01. The molecule has 0 saturated heterocycles. The summed E-state index contributed by atoms with van der Waals surface area (Å²) in [5, 5.41) is 3.46. The summed E-state index contributed by atoms with van der Waals surface area (Å²) >= 11 is 0. The first-order chi connectivity index (χ1) is 11.0. The molecule has 0 atom stereocenters. The average molecular weight is 321 g/mol. The third kappa shape index (κ3) is 3.23. The first-order valence-electron chi connectivity index (χ1n) is 6.82. The van der Waals surface area contributed by atoms with Gasteiger partial charge in [-0.25, -0.2) is 27.5 Å². The summed E-state index contributed by atoms with van der Waals surface area (Å²) in [5.41, 5.74) is 0.876. The van der Waals surface area contributed by atoms with E-state index in [0.29, 0.717) is 22.3 Å². The Balaban J connectivity index is 1.75. The molecule has 118 valence electrons.